The normalized spacial score (nSPS) is 15.9. The third-order valence-electron chi connectivity index (χ3n) is 4.13. The Morgan fingerprint density at radius 3 is 2.40 bits per heavy atom. The number of methoxy groups -OCH3 is 1. The lowest BCUT2D eigenvalue weighted by Crippen LogP contribution is -2.32. The Morgan fingerprint density at radius 1 is 1.05 bits per heavy atom. The van der Waals surface area contributed by atoms with Gasteiger partial charge < -0.3 is 10.1 Å². The Labute approximate surface area is 120 Å². The van der Waals surface area contributed by atoms with E-state index < -0.39 is 0 Å². The first-order valence-corrected chi connectivity index (χ1v) is 7.23. The Morgan fingerprint density at radius 2 is 1.75 bits per heavy atom. The summed E-state index contributed by atoms with van der Waals surface area (Å²) in [5.41, 5.74) is 4.26. The van der Waals surface area contributed by atoms with Crippen LogP contribution in [0.4, 0.5) is 0 Å². The summed E-state index contributed by atoms with van der Waals surface area (Å²) < 4.78 is 5.30. The second kappa shape index (κ2) is 5.68. The van der Waals surface area contributed by atoms with Gasteiger partial charge in [0.25, 0.3) is 0 Å². The minimum atomic E-state index is 0.337. The van der Waals surface area contributed by atoms with Gasteiger partial charge in [-0.05, 0) is 48.6 Å². The van der Waals surface area contributed by atoms with Crippen molar-refractivity contribution in [2.75, 3.05) is 7.11 Å². The van der Waals surface area contributed by atoms with Crippen LogP contribution < -0.4 is 10.1 Å². The van der Waals surface area contributed by atoms with Crippen LogP contribution in [0.25, 0.3) is 0 Å². The van der Waals surface area contributed by atoms with Crippen molar-refractivity contribution in [2.45, 2.75) is 31.8 Å². The zero-order valence-electron chi connectivity index (χ0n) is 12.1. The van der Waals surface area contributed by atoms with E-state index >= 15 is 0 Å². The largest absolute Gasteiger partial charge is 0.497 e. The Hall–Kier alpha value is -1.80. The SMILES string of the molecule is COc1cccc(C(C)NC2Cc3ccccc3C2)c1. The first-order valence-electron chi connectivity index (χ1n) is 7.23. The zero-order valence-corrected chi connectivity index (χ0v) is 12.1. The Balaban J connectivity index is 1.67. The van der Waals surface area contributed by atoms with E-state index in [1.165, 1.54) is 16.7 Å². The third-order valence-corrected chi connectivity index (χ3v) is 4.13. The molecule has 1 aliphatic rings. The minimum absolute atomic E-state index is 0.337. The van der Waals surface area contributed by atoms with Gasteiger partial charge in [-0.15, -0.1) is 0 Å². The van der Waals surface area contributed by atoms with Crippen LogP contribution in [0.2, 0.25) is 0 Å². The van der Waals surface area contributed by atoms with E-state index in [4.69, 9.17) is 4.74 Å². The minimum Gasteiger partial charge on any atom is -0.497 e. The molecule has 1 N–H and O–H groups in total. The molecule has 0 spiro atoms. The molecule has 20 heavy (non-hydrogen) atoms. The van der Waals surface area contributed by atoms with E-state index in [-0.39, 0.29) is 0 Å². The number of hydrogen-bond donors (Lipinski definition) is 1. The van der Waals surface area contributed by atoms with Crippen LogP contribution in [0.3, 0.4) is 0 Å². The molecule has 2 heteroatoms. The van der Waals surface area contributed by atoms with Crippen molar-refractivity contribution in [3.05, 3.63) is 65.2 Å². The molecule has 0 amide bonds. The predicted molar refractivity (Wildman–Crippen MR) is 82.2 cm³/mol. The van der Waals surface area contributed by atoms with Crippen molar-refractivity contribution < 1.29 is 4.74 Å². The highest BCUT2D eigenvalue weighted by molar-refractivity contribution is 5.34. The first-order chi connectivity index (χ1) is 9.76. The maximum Gasteiger partial charge on any atom is 0.119 e. The van der Waals surface area contributed by atoms with Crippen molar-refractivity contribution >= 4 is 0 Å². The van der Waals surface area contributed by atoms with Crippen molar-refractivity contribution in [1.82, 2.24) is 5.32 Å². The standard InChI is InChI=1S/C18H21NO/c1-13(14-8-5-9-18(12-14)20-2)19-17-10-15-6-3-4-7-16(15)11-17/h3-9,12-13,17,19H,10-11H2,1-2H3. The highest BCUT2D eigenvalue weighted by Crippen LogP contribution is 2.25. The Bertz CT molecular complexity index is 568. The molecule has 0 aliphatic heterocycles. The highest BCUT2D eigenvalue weighted by Gasteiger charge is 2.22. The summed E-state index contributed by atoms with van der Waals surface area (Å²) in [6.45, 7) is 2.22. The molecule has 2 aromatic carbocycles. The molecule has 0 bridgehead atoms. The van der Waals surface area contributed by atoms with Gasteiger partial charge in [0, 0.05) is 12.1 Å². The molecule has 0 saturated carbocycles. The molecule has 0 fully saturated rings. The number of ether oxygens (including phenoxy) is 1. The van der Waals surface area contributed by atoms with Gasteiger partial charge in [-0.25, -0.2) is 0 Å². The lowest BCUT2D eigenvalue weighted by molar-refractivity contribution is 0.411. The van der Waals surface area contributed by atoms with Crippen molar-refractivity contribution in [2.24, 2.45) is 0 Å². The summed E-state index contributed by atoms with van der Waals surface area (Å²) in [4.78, 5) is 0. The fourth-order valence-corrected chi connectivity index (χ4v) is 3.04. The summed E-state index contributed by atoms with van der Waals surface area (Å²) in [6.07, 6.45) is 2.26. The van der Waals surface area contributed by atoms with Crippen LogP contribution >= 0.6 is 0 Å². The molecular formula is C18H21NO. The van der Waals surface area contributed by atoms with Crippen LogP contribution in [-0.2, 0) is 12.8 Å². The maximum absolute atomic E-state index is 5.30. The number of rotatable bonds is 4. The molecule has 1 aliphatic carbocycles. The smallest absolute Gasteiger partial charge is 0.119 e. The molecule has 1 unspecified atom stereocenters. The van der Waals surface area contributed by atoms with Crippen LogP contribution in [0.1, 0.15) is 29.7 Å². The highest BCUT2D eigenvalue weighted by atomic mass is 16.5. The van der Waals surface area contributed by atoms with Gasteiger partial charge in [0.15, 0.2) is 0 Å². The fourth-order valence-electron chi connectivity index (χ4n) is 3.04. The van der Waals surface area contributed by atoms with Crippen LogP contribution in [0.5, 0.6) is 5.75 Å². The van der Waals surface area contributed by atoms with E-state index in [2.05, 4.69) is 54.7 Å². The Kier molecular flexibility index (Phi) is 3.75. The van der Waals surface area contributed by atoms with Crippen molar-refractivity contribution in [1.29, 1.82) is 0 Å². The van der Waals surface area contributed by atoms with E-state index in [1.807, 2.05) is 6.07 Å². The second-order valence-corrected chi connectivity index (χ2v) is 5.54. The lowest BCUT2D eigenvalue weighted by atomic mass is 10.1. The summed E-state index contributed by atoms with van der Waals surface area (Å²) in [5.74, 6) is 0.922. The number of benzene rings is 2. The van der Waals surface area contributed by atoms with E-state index in [0.29, 0.717) is 12.1 Å². The predicted octanol–water partition coefficient (Wildman–Crippen LogP) is 3.51. The maximum atomic E-state index is 5.30. The van der Waals surface area contributed by atoms with Gasteiger partial charge >= 0.3 is 0 Å². The van der Waals surface area contributed by atoms with Gasteiger partial charge in [-0.3, -0.25) is 0 Å². The van der Waals surface area contributed by atoms with Crippen molar-refractivity contribution in [3.8, 4) is 5.75 Å². The van der Waals surface area contributed by atoms with Crippen LogP contribution in [-0.4, -0.2) is 13.2 Å². The zero-order chi connectivity index (χ0) is 13.9. The van der Waals surface area contributed by atoms with Gasteiger partial charge in [0.2, 0.25) is 0 Å². The third kappa shape index (κ3) is 2.70. The molecule has 0 saturated heterocycles. The average molecular weight is 267 g/mol. The molecule has 0 aromatic heterocycles. The quantitative estimate of drug-likeness (QED) is 0.915. The van der Waals surface area contributed by atoms with Gasteiger partial charge in [0.1, 0.15) is 5.75 Å². The summed E-state index contributed by atoms with van der Waals surface area (Å²) >= 11 is 0. The van der Waals surface area contributed by atoms with E-state index in [9.17, 15) is 0 Å². The van der Waals surface area contributed by atoms with Gasteiger partial charge in [-0.2, -0.15) is 0 Å². The number of hydrogen-bond acceptors (Lipinski definition) is 2. The van der Waals surface area contributed by atoms with Crippen molar-refractivity contribution in [3.63, 3.8) is 0 Å². The van der Waals surface area contributed by atoms with E-state index in [1.54, 1.807) is 7.11 Å². The molecule has 104 valence electrons. The number of fused-ring (bicyclic) bond motifs is 1. The topological polar surface area (TPSA) is 21.3 Å². The molecule has 2 nitrogen and oxygen atoms in total. The molecule has 2 aromatic rings. The van der Waals surface area contributed by atoms with Gasteiger partial charge in [0.05, 0.1) is 7.11 Å². The van der Waals surface area contributed by atoms with Crippen LogP contribution in [0.15, 0.2) is 48.5 Å². The fraction of sp³-hybridized carbons (Fsp3) is 0.333. The second-order valence-electron chi connectivity index (χ2n) is 5.54. The molecule has 0 radical (unpaired) electrons. The van der Waals surface area contributed by atoms with Crippen LogP contribution in [0, 0.1) is 0 Å². The monoisotopic (exact) mass is 267 g/mol. The molecule has 3 rings (SSSR count). The first kappa shape index (κ1) is 13.2. The average Bonchev–Trinajstić information content (AvgIpc) is 2.89. The van der Waals surface area contributed by atoms with E-state index in [0.717, 1.165) is 18.6 Å². The molecular weight excluding hydrogens is 246 g/mol. The number of nitrogens with one attached hydrogen (secondary N) is 1. The van der Waals surface area contributed by atoms with Gasteiger partial charge in [-0.1, -0.05) is 36.4 Å². The summed E-state index contributed by atoms with van der Waals surface area (Å²) in [6, 6.07) is 17.9. The molecule has 0 heterocycles. The summed E-state index contributed by atoms with van der Waals surface area (Å²) in [5, 5.41) is 3.74. The molecule has 1 atom stereocenters. The lowest BCUT2D eigenvalue weighted by Gasteiger charge is -2.20. The summed E-state index contributed by atoms with van der Waals surface area (Å²) in [7, 11) is 1.71.